The molecule has 0 fully saturated rings. The number of rotatable bonds is 6. The summed E-state index contributed by atoms with van der Waals surface area (Å²) in [6, 6.07) is 24.9. The van der Waals surface area contributed by atoms with Crippen molar-refractivity contribution in [2.45, 2.75) is 85.7 Å². The molecular formula is C48H48Br4N2O2. The maximum atomic E-state index is 14.5. The van der Waals surface area contributed by atoms with Gasteiger partial charge in [0, 0.05) is 34.8 Å². The average Bonchev–Trinajstić information content (AvgIpc) is 3.39. The number of hydrogen-bond donors (Lipinski definition) is 2. The fourth-order valence-corrected chi connectivity index (χ4v) is 10.3. The standard InChI is InChI=1S/C48H48Br4N2O2/c1-25-19-31(46(5,6)7)20-26(2)37(25)35(29-11-15-33(53)16-12-29)23-48(40-39(45(55)56-48)41(49)43(51)44(52)42(40)50)24-36(30-13-17-34(54)18-14-30)38-27(3)21-32(22-28(38)4)47(8,9)10/h11-24H,53-54H2,1-10H3/b35-23+,36-24+. The van der Waals surface area contributed by atoms with Crippen molar-refractivity contribution in [2.75, 3.05) is 11.5 Å². The second-order valence-electron chi connectivity index (χ2n) is 17.0. The minimum absolute atomic E-state index is 0.0496. The van der Waals surface area contributed by atoms with Gasteiger partial charge in [0.2, 0.25) is 0 Å². The summed E-state index contributed by atoms with van der Waals surface area (Å²) < 4.78 is 9.61. The van der Waals surface area contributed by atoms with E-state index in [1.807, 2.05) is 48.5 Å². The molecule has 290 valence electrons. The average molecular weight is 1000 g/mol. The van der Waals surface area contributed by atoms with Crippen LogP contribution in [0.2, 0.25) is 0 Å². The van der Waals surface area contributed by atoms with E-state index in [1.54, 1.807) is 0 Å². The van der Waals surface area contributed by atoms with E-state index < -0.39 is 11.6 Å². The summed E-state index contributed by atoms with van der Waals surface area (Å²) in [7, 11) is 0. The lowest BCUT2D eigenvalue weighted by molar-refractivity contribution is 0.0298. The third-order valence-electron chi connectivity index (χ3n) is 10.6. The van der Waals surface area contributed by atoms with Gasteiger partial charge in [-0.2, -0.15) is 0 Å². The Morgan fingerprint density at radius 1 is 0.571 bits per heavy atom. The van der Waals surface area contributed by atoms with Gasteiger partial charge in [0.1, 0.15) is 0 Å². The Morgan fingerprint density at radius 2 is 0.911 bits per heavy atom. The van der Waals surface area contributed by atoms with Crippen LogP contribution in [-0.4, -0.2) is 5.97 Å². The molecule has 0 bridgehead atoms. The number of carbonyl (C=O) groups is 1. The van der Waals surface area contributed by atoms with E-state index in [0.717, 1.165) is 60.1 Å². The maximum Gasteiger partial charge on any atom is 0.341 e. The normalized spacial score (nSPS) is 16.3. The first-order valence-electron chi connectivity index (χ1n) is 18.6. The Kier molecular flexibility index (Phi) is 11.6. The molecule has 0 aromatic heterocycles. The van der Waals surface area contributed by atoms with Gasteiger partial charge in [-0.1, -0.05) is 90.1 Å². The minimum Gasteiger partial charge on any atom is -0.442 e. The number of carbonyl (C=O) groups excluding carboxylic acids is 1. The number of nitrogens with two attached hydrogens (primary N) is 2. The van der Waals surface area contributed by atoms with E-state index in [9.17, 15) is 4.79 Å². The van der Waals surface area contributed by atoms with E-state index >= 15 is 0 Å². The number of nitrogen functional groups attached to an aromatic ring is 2. The first kappa shape index (κ1) is 42.2. The summed E-state index contributed by atoms with van der Waals surface area (Å²) >= 11 is 15.2. The van der Waals surface area contributed by atoms with E-state index in [1.165, 1.54) is 11.1 Å². The maximum absolute atomic E-state index is 14.5. The second kappa shape index (κ2) is 15.4. The fraction of sp³-hybridized carbons (Fsp3) is 0.271. The highest BCUT2D eigenvalue weighted by Gasteiger charge is 2.48. The van der Waals surface area contributed by atoms with Crippen molar-refractivity contribution >= 4 is 92.2 Å². The fourth-order valence-electron chi connectivity index (χ4n) is 7.69. The monoisotopic (exact) mass is 1000 g/mol. The van der Waals surface area contributed by atoms with Crippen molar-refractivity contribution in [3.63, 3.8) is 0 Å². The Hall–Kier alpha value is -3.43. The molecule has 0 unspecified atom stereocenters. The third-order valence-corrected chi connectivity index (χ3v) is 15.4. The molecule has 5 aromatic carbocycles. The minimum atomic E-state index is -1.42. The summed E-state index contributed by atoms with van der Waals surface area (Å²) in [5.74, 6) is -0.449. The van der Waals surface area contributed by atoms with E-state index in [4.69, 9.17) is 16.2 Å². The number of cyclic esters (lactones) is 1. The van der Waals surface area contributed by atoms with Gasteiger partial charge in [-0.25, -0.2) is 4.79 Å². The summed E-state index contributed by atoms with van der Waals surface area (Å²) in [5, 5.41) is 0. The van der Waals surface area contributed by atoms with Crippen molar-refractivity contribution in [3.05, 3.63) is 170 Å². The first-order chi connectivity index (χ1) is 26.0. The lowest BCUT2D eigenvalue weighted by Gasteiger charge is -2.30. The van der Waals surface area contributed by atoms with Gasteiger partial charge in [-0.05, 0) is 205 Å². The van der Waals surface area contributed by atoms with Crippen LogP contribution in [0.5, 0.6) is 0 Å². The molecule has 0 radical (unpaired) electrons. The Labute approximate surface area is 365 Å². The van der Waals surface area contributed by atoms with Crippen LogP contribution in [0.4, 0.5) is 11.4 Å². The van der Waals surface area contributed by atoms with Crippen LogP contribution in [0.15, 0.2) is 103 Å². The van der Waals surface area contributed by atoms with Crippen LogP contribution in [-0.2, 0) is 21.2 Å². The van der Waals surface area contributed by atoms with Gasteiger partial charge in [0.15, 0.2) is 5.60 Å². The molecule has 56 heavy (non-hydrogen) atoms. The molecule has 0 atom stereocenters. The third kappa shape index (κ3) is 7.88. The molecule has 0 saturated carbocycles. The second-order valence-corrected chi connectivity index (χ2v) is 20.2. The molecule has 0 amide bonds. The number of aryl methyl sites for hydroxylation is 4. The highest BCUT2D eigenvalue weighted by atomic mass is 79.9. The Balaban J connectivity index is 1.83. The van der Waals surface area contributed by atoms with Crippen LogP contribution in [0, 0.1) is 27.7 Å². The smallest absolute Gasteiger partial charge is 0.341 e. The SMILES string of the molecule is Cc1cc(C(C)(C)C)cc(C)c1/C(=C/C1(/C=C(\c2ccc(N)cc2)c2c(C)cc(C(C)(C)C)cc2C)OC(=O)c2c(Br)c(Br)c(Br)c(Br)c21)c1ccc(N)cc1. The number of fused-ring (bicyclic) bond motifs is 1. The molecule has 0 spiro atoms. The van der Waals surface area contributed by atoms with Gasteiger partial charge in [0.25, 0.3) is 0 Å². The molecule has 5 aromatic rings. The molecule has 1 heterocycles. The molecule has 0 aliphatic carbocycles. The summed E-state index contributed by atoms with van der Waals surface area (Å²) in [6.07, 6.45) is 4.24. The number of benzene rings is 5. The predicted molar refractivity (Wildman–Crippen MR) is 249 cm³/mol. The molecular weight excluding hydrogens is 956 g/mol. The van der Waals surface area contributed by atoms with Crippen LogP contribution >= 0.6 is 63.7 Å². The lowest BCUT2D eigenvalue weighted by Crippen LogP contribution is -2.24. The zero-order valence-electron chi connectivity index (χ0n) is 33.6. The van der Waals surface area contributed by atoms with Crippen molar-refractivity contribution in [3.8, 4) is 0 Å². The number of halogens is 4. The predicted octanol–water partition coefficient (Wildman–Crippen LogP) is 14.4. The number of esters is 1. The van der Waals surface area contributed by atoms with E-state index in [2.05, 4.69) is 169 Å². The van der Waals surface area contributed by atoms with Crippen LogP contribution in [0.25, 0.3) is 11.1 Å². The molecule has 0 saturated heterocycles. The summed E-state index contributed by atoms with van der Waals surface area (Å²) in [5.41, 5.74) is 26.2. The van der Waals surface area contributed by atoms with Gasteiger partial charge in [0.05, 0.1) is 5.56 Å². The number of hydrogen-bond acceptors (Lipinski definition) is 4. The molecule has 4 N–H and O–H groups in total. The topological polar surface area (TPSA) is 78.3 Å². The molecule has 1 aliphatic heterocycles. The molecule has 8 heteroatoms. The number of anilines is 2. The quantitative estimate of drug-likeness (QED) is 0.0769. The van der Waals surface area contributed by atoms with E-state index in [-0.39, 0.29) is 10.8 Å². The number of ether oxygens (including phenoxy) is 1. The van der Waals surface area contributed by atoms with Crippen molar-refractivity contribution in [1.82, 2.24) is 0 Å². The van der Waals surface area contributed by atoms with Gasteiger partial charge in [-0.3, -0.25) is 0 Å². The lowest BCUT2D eigenvalue weighted by atomic mass is 9.78. The molecule has 6 rings (SSSR count). The zero-order chi connectivity index (χ0) is 41.2. The zero-order valence-corrected chi connectivity index (χ0v) is 39.9. The summed E-state index contributed by atoms with van der Waals surface area (Å²) in [6.45, 7) is 22.0. The van der Waals surface area contributed by atoms with Crippen molar-refractivity contribution < 1.29 is 9.53 Å². The Bertz CT molecular complexity index is 2290. The van der Waals surface area contributed by atoms with Crippen LogP contribution < -0.4 is 11.5 Å². The van der Waals surface area contributed by atoms with Crippen molar-refractivity contribution in [2.24, 2.45) is 0 Å². The van der Waals surface area contributed by atoms with Gasteiger partial charge in [-0.15, -0.1) is 0 Å². The molecule has 1 aliphatic rings. The highest BCUT2D eigenvalue weighted by molar-refractivity contribution is 9.15. The largest absolute Gasteiger partial charge is 0.442 e. The van der Waals surface area contributed by atoms with Gasteiger partial charge >= 0.3 is 5.97 Å². The summed E-state index contributed by atoms with van der Waals surface area (Å²) in [4.78, 5) is 14.5. The highest BCUT2D eigenvalue weighted by Crippen LogP contribution is 2.54. The van der Waals surface area contributed by atoms with Crippen LogP contribution in [0.1, 0.15) is 113 Å². The van der Waals surface area contributed by atoms with Gasteiger partial charge < -0.3 is 16.2 Å². The first-order valence-corrected chi connectivity index (χ1v) is 21.7. The Morgan fingerprint density at radius 3 is 1.25 bits per heavy atom. The van der Waals surface area contributed by atoms with Crippen molar-refractivity contribution in [1.29, 1.82) is 0 Å². The van der Waals surface area contributed by atoms with Crippen LogP contribution in [0.3, 0.4) is 0 Å². The van der Waals surface area contributed by atoms with E-state index in [0.29, 0.717) is 35.9 Å². The molecule has 4 nitrogen and oxygen atoms in total.